The number of para-hydroxylation sites is 1. The Morgan fingerprint density at radius 2 is 1.86 bits per heavy atom. The molecule has 8 heteroatoms. The quantitative estimate of drug-likeness (QED) is 0.520. The van der Waals surface area contributed by atoms with E-state index in [0.717, 1.165) is 23.1 Å². The molecule has 0 atom stereocenters. The van der Waals surface area contributed by atoms with Crippen molar-refractivity contribution < 1.29 is 14.4 Å². The highest BCUT2D eigenvalue weighted by atomic mass is 32.1. The number of aryl methyl sites for hydroxylation is 1. The van der Waals surface area contributed by atoms with Gasteiger partial charge in [-0.05, 0) is 36.8 Å². The normalized spacial score (nSPS) is 14.0. The first kappa shape index (κ1) is 19.1. The van der Waals surface area contributed by atoms with E-state index < -0.39 is 5.91 Å². The molecule has 3 amide bonds. The first-order chi connectivity index (χ1) is 14.0. The molecule has 29 heavy (non-hydrogen) atoms. The molecule has 0 saturated carbocycles. The molecule has 3 aromatic rings. The van der Waals surface area contributed by atoms with Crippen molar-refractivity contribution in [2.45, 2.75) is 19.8 Å². The molecule has 148 valence electrons. The molecule has 2 aromatic carbocycles. The zero-order chi connectivity index (χ0) is 20.5. The zero-order valence-corrected chi connectivity index (χ0v) is 17.0. The molecule has 0 radical (unpaired) electrons. The molecular formula is C21H20N4O3S. The van der Waals surface area contributed by atoms with E-state index in [1.165, 1.54) is 28.4 Å². The number of fused-ring (bicyclic) bond motifs is 2. The number of imide groups is 1. The lowest BCUT2D eigenvalue weighted by Gasteiger charge is -2.12. The van der Waals surface area contributed by atoms with Gasteiger partial charge in [0.15, 0.2) is 0 Å². The SMILES string of the molecule is CCCCN1C(=O)c2ccc(C(=O)N/N=c3\sc4ccccc4n3C)cc2C1=O. The summed E-state index contributed by atoms with van der Waals surface area (Å²) >= 11 is 1.47. The van der Waals surface area contributed by atoms with E-state index in [4.69, 9.17) is 0 Å². The maximum Gasteiger partial charge on any atom is 0.271 e. The molecule has 0 bridgehead atoms. The van der Waals surface area contributed by atoms with E-state index in [-0.39, 0.29) is 22.9 Å². The van der Waals surface area contributed by atoms with E-state index >= 15 is 0 Å². The second kappa shape index (κ2) is 7.63. The van der Waals surface area contributed by atoms with Gasteiger partial charge in [0.1, 0.15) is 0 Å². The fraction of sp³-hybridized carbons (Fsp3) is 0.238. The highest BCUT2D eigenvalue weighted by molar-refractivity contribution is 7.16. The monoisotopic (exact) mass is 408 g/mol. The second-order valence-corrected chi connectivity index (χ2v) is 7.85. The van der Waals surface area contributed by atoms with Gasteiger partial charge in [0.25, 0.3) is 17.7 Å². The Labute approximate surface area is 171 Å². The molecule has 0 fully saturated rings. The maximum absolute atomic E-state index is 12.6. The summed E-state index contributed by atoms with van der Waals surface area (Å²) in [5.41, 5.74) is 4.47. The van der Waals surface area contributed by atoms with Gasteiger partial charge in [-0.25, -0.2) is 5.43 Å². The minimum absolute atomic E-state index is 0.270. The van der Waals surface area contributed by atoms with Gasteiger partial charge >= 0.3 is 0 Å². The molecule has 0 aliphatic carbocycles. The summed E-state index contributed by atoms with van der Waals surface area (Å²) < 4.78 is 2.97. The Morgan fingerprint density at radius 3 is 2.62 bits per heavy atom. The number of rotatable bonds is 5. The van der Waals surface area contributed by atoms with E-state index in [0.29, 0.717) is 16.9 Å². The summed E-state index contributed by atoms with van der Waals surface area (Å²) in [6.07, 6.45) is 1.64. The Kier molecular flexibility index (Phi) is 5.02. The van der Waals surface area contributed by atoms with Crippen LogP contribution >= 0.6 is 11.3 Å². The van der Waals surface area contributed by atoms with Gasteiger partial charge in [0.05, 0.1) is 21.3 Å². The van der Waals surface area contributed by atoms with E-state index in [1.54, 1.807) is 6.07 Å². The number of nitrogens with zero attached hydrogens (tertiary/aromatic N) is 3. The smallest absolute Gasteiger partial charge is 0.271 e. The number of nitrogens with one attached hydrogen (secondary N) is 1. The van der Waals surface area contributed by atoms with Crippen LogP contribution in [0.1, 0.15) is 50.8 Å². The molecule has 0 saturated heterocycles. The Bertz CT molecular complexity index is 1210. The number of unbranched alkanes of at least 4 members (excludes halogenated alkanes) is 1. The summed E-state index contributed by atoms with van der Waals surface area (Å²) in [5, 5.41) is 4.22. The van der Waals surface area contributed by atoms with Gasteiger partial charge in [-0.1, -0.05) is 36.8 Å². The van der Waals surface area contributed by atoms with Gasteiger partial charge in [-0.3, -0.25) is 19.3 Å². The lowest BCUT2D eigenvalue weighted by atomic mass is 10.1. The molecule has 1 aliphatic heterocycles. The van der Waals surface area contributed by atoms with Crippen LogP contribution in [-0.2, 0) is 7.05 Å². The maximum atomic E-state index is 12.6. The third-order valence-corrected chi connectivity index (χ3v) is 6.05. The largest absolute Gasteiger partial charge is 0.318 e. The summed E-state index contributed by atoms with van der Waals surface area (Å²) in [4.78, 5) is 39.4. The van der Waals surface area contributed by atoms with E-state index in [2.05, 4.69) is 10.5 Å². The molecule has 4 rings (SSSR count). The van der Waals surface area contributed by atoms with Crippen molar-refractivity contribution >= 4 is 39.3 Å². The second-order valence-electron chi connectivity index (χ2n) is 6.84. The number of hydrogen-bond acceptors (Lipinski definition) is 5. The highest BCUT2D eigenvalue weighted by Crippen LogP contribution is 2.24. The number of benzene rings is 2. The zero-order valence-electron chi connectivity index (χ0n) is 16.1. The molecule has 7 nitrogen and oxygen atoms in total. The van der Waals surface area contributed by atoms with Gasteiger partial charge in [-0.15, -0.1) is 5.10 Å². The van der Waals surface area contributed by atoms with Gasteiger partial charge in [0.2, 0.25) is 4.80 Å². The van der Waals surface area contributed by atoms with Crippen LogP contribution < -0.4 is 10.2 Å². The van der Waals surface area contributed by atoms with Crippen molar-refractivity contribution in [2.24, 2.45) is 12.1 Å². The van der Waals surface area contributed by atoms with E-state index in [9.17, 15) is 14.4 Å². The Balaban J connectivity index is 1.58. The van der Waals surface area contributed by atoms with Gasteiger partial charge in [-0.2, -0.15) is 0 Å². The van der Waals surface area contributed by atoms with Crippen molar-refractivity contribution in [3.63, 3.8) is 0 Å². The van der Waals surface area contributed by atoms with Crippen LogP contribution in [-0.4, -0.2) is 33.7 Å². The van der Waals surface area contributed by atoms with Crippen molar-refractivity contribution in [3.8, 4) is 0 Å². The lowest BCUT2D eigenvalue weighted by Crippen LogP contribution is -2.30. The third kappa shape index (κ3) is 3.36. The van der Waals surface area contributed by atoms with Gasteiger partial charge < -0.3 is 4.57 Å². The molecule has 1 N–H and O–H groups in total. The number of aromatic nitrogens is 1. The lowest BCUT2D eigenvalue weighted by molar-refractivity contribution is 0.0652. The van der Waals surface area contributed by atoms with Crippen molar-refractivity contribution in [3.05, 3.63) is 64.0 Å². The van der Waals surface area contributed by atoms with Crippen LogP contribution in [0.2, 0.25) is 0 Å². The number of amides is 3. The summed E-state index contributed by atoms with van der Waals surface area (Å²) in [6, 6.07) is 12.4. The fourth-order valence-electron chi connectivity index (χ4n) is 3.30. The van der Waals surface area contributed by atoms with E-state index in [1.807, 2.05) is 42.8 Å². The first-order valence-electron chi connectivity index (χ1n) is 9.40. The van der Waals surface area contributed by atoms with Gasteiger partial charge in [0, 0.05) is 19.2 Å². The third-order valence-electron chi connectivity index (χ3n) is 4.94. The summed E-state index contributed by atoms with van der Waals surface area (Å²) in [5.74, 6) is -1.08. The minimum Gasteiger partial charge on any atom is -0.318 e. The van der Waals surface area contributed by atoms with Crippen molar-refractivity contribution in [1.82, 2.24) is 14.9 Å². The number of thiazole rings is 1. The Morgan fingerprint density at radius 1 is 1.10 bits per heavy atom. The molecule has 0 spiro atoms. The predicted molar refractivity (Wildman–Crippen MR) is 111 cm³/mol. The molecule has 0 unspecified atom stereocenters. The first-order valence-corrected chi connectivity index (χ1v) is 10.2. The topological polar surface area (TPSA) is 83.8 Å². The van der Waals surface area contributed by atoms with Crippen LogP contribution in [0.5, 0.6) is 0 Å². The summed E-state index contributed by atoms with van der Waals surface area (Å²) in [6.45, 7) is 2.39. The summed E-state index contributed by atoms with van der Waals surface area (Å²) in [7, 11) is 1.88. The fourth-order valence-corrected chi connectivity index (χ4v) is 4.28. The number of hydrogen-bond donors (Lipinski definition) is 1. The molecule has 2 heterocycles. The molecule has 1 aliphatic rings. The standard InChI is InChI=1S/C21H20N4O3S/c1-3-4-11-25-19(27)14-10-9-13(12-15(14)20(25)28)18(26)22-23-21-24(2)16-7-5-6-8-17(16)29-21/h5-10,12H,3-4,11H2,1-2H3,(H,22,26)/b23-21-. The average molecular weight is 408 g/mol. The molecular weight excluding hydrogens is 388 g/mol. The average Bonchev–Trinajstić information content (AvgIpc) is 3.18. The molecule has 1 aromatic heterocycles. The van der Waals surface area contributed by atoms with Crippen LogP contribution in [0.3, 0.4) is 0 Å². The number of carbonyl (C=O) groups excluding carboxylic acids is 3. The Hall–Kier alpha value is -3.26. The highest BCUT2D eigenvalue weighted by Gasteiger charge is 2.35. The number of carbonyl (C=O) groups is 3. The predicted octanol–water partition coefficient (Wildman–Crippen LogP) is 2.88. The van der Waals surface area contributed by atoms with Crippen molar-refractivity contribution in [1.29, 1.82) is 0 Å². The van der Waals surface area contributed by atoms with Crippen LogP contribution in [0.4, 0.5) is 0 Å². The van der Waals surface area contributed by atoms with Crippen LogP contribution in [0.25, 0.3) is 10.2 Å². The van der Waals surface area contributed by atoms with Crippen LogP contribution in [0, 0.1) is 0 Å². The minimum atomic E-state index is -0.433. The van der Waals surface area contributed by atoms with Crippen LogP contribution in [0.15, 0.2) is 47.6 Å². The van der Waals surface area contributed by atoms with Crippen molar-refractivity contribution in [2.75, 3.05) is 6.54 Å².